The first-order valence-corrected chi connectivity index (χ1v) is 7.31. The van der Waals surface area contributed by atoms with Crippen LogP contribution in [0.15, 0.2) is 30.3 Å². The minimum atomic E-state index is -0.272. The molecule has 6 heteroatoms. The van der Waals surface area contributed by atoms with Gasteiger partial charge in [0.1, 0.15) is 5.82 Å². The average Bonchev–Trinajstić information content (AvgIpc) is 2.91. The van der Waals surface area contributed by atoms with Gasteiger partial charge in [0, 0.05) is 4.88 Å². The van der Waals surface area contributed by atoms with Gasteiger partial charge in [0.25, 0.3) is 0 Å². The fraction of sp³-hybridized carbons (Fsp3) is 0.154. The van der Waals surface area contributed by atoms with Gasteiger partial charge in [-0.15, -0.1) is 11.3 Å². The quantitative estimate of drug-likeness (QED) is 0.648. The Morgan fingerprint density at radius 3 is 2.84 bits per heavy atom. The van der Waals surface area contributed by atoms with Crippen LogP contribution in [0.5, 0.6) is 0 Å². The number of fused-ring (bicyclic) bond motifs is 1. The number of H-pyrrole nitrogens is 1. The van der Waals surface area contributed by atoms with Crippen molar-refractivity contribution in [1.82, 2.24) is 9.55 Å². The monoisotopic (exact) mass is 312 g/mol. The van der Waals surface area contributed by atoms with Crippen LogP contribution >= 0.6 is 35.2 Å². The van der Waals surface area contributed by atoms with E-state index in [1.54, 1.807) is 6.07 Å². The number of aromatic nitrogens is 2. The molecule has 1 unspecified atom stereocenters. The number of hydrogen-bond acceptors (Lipinski definition) is 2. The lowest BCUT2D eigenvalue weighted by atomic mass is 10.2. The van der Waals surface area contributed by atoms with E-state index in [-0.39, 0.29) is 11.9 Å². The van der Waals surface area contributed by atoms with Gasteiger partial charge >= 0.3 is 0 Å². The van der Waals surface area contributed by atoms with Gasteiger partial charge in [-0.25, -0.2) is 4.39 Å². The van der Waals surface area contributed by atoms with Crippen LogP contribution in [-0.2, 0) is 0 Å². The molecule has 1 atom stereocenters. The van der Waals surface area contributed by atoms with Gasteiger partial charge in [0.15, 0.2) is 4.77 Å². The number of nitrogens with zero attached hydrogens (tertiary/aromatic N) is 1. The van der Waals surface area contributed by atoms with Gasteiger partial charge in [0.05, 0.1) is 21.4 Å². The van der Waals surface area contributed by atoms with Crippen molar-refractivity contribution in [2.24, 2.45) is 0 Å². The third-order valence-corrected chi connectivity index (χ3v) is 4.77. The second kappa shape index (κ2) is 4.74. The Morgan fingerprint density at radius 2 is 2.16 bits per heavy atom. The Hall–Kier alpha value is -1.17. The molecule has 3 aromatic rings. The number of aromatic amines is 1. The van der Waals surface area contributed by atoms with Crippen LogP contribution in [0.4, 0.5) is 4.39 Å². The summed E-state index contributed by atoms with van der Waals surface area (Å²) in [7, 11) is 0. The van der Waals surface area contributed by atoms with Crippen LogP contribution in [0.3, 0.4) is 0 Å². The molecule has 0 saturated carbocycles. The molecular weight excluding hydrogens is 303 g/mol. The lowest BCUT2D eigenvalue weighted by molar-refractivity contribution is 0.624. The van der Waals surface area contributed by atoms with Gasteiger partial charge in [-0.1, -0.05) is 11.6 Å². The highest BCUT2D eigenvalue weighted by Crippen LogP contribution is 2.31. The Balaban J connectivity index is 2.21. The zero-order valence-corrected chi connectivity index (χ0v) is 12.4. The van der Waals surface area contributed by atoms with E-state index in [2.05, 4.69) is 4.98 Å². The van der Waals surface area contributed by atoms with Crippen LogP contribution in [0.2, 0.25) is 4.34 Å². The maximum absolute atomic E-state index is 13.4. The molecule has 0 aliphatic rings. The van der Waals surface area contributed by atoms with Crippen LogP contribution in [-0.4, -0.2) is 9.55 Å². The van der Waals surface area contributed by atoms with Crippen molar-refractivity contribution < 1.29 is 4.39 Å². The first-order valence-electron chi connectivity index (χ1n) is 5.71. The number of thiophene rings is 1. The second-order valence-electron chi connectivity index (χ2n) is 4.28. The van der Waals surface area contributed by atoms with Crippen molar-refractivity contribution >= 4 is 46.2 Å². The summed E-state index contributed by atoms with van der Waals surface area (Å²) >= 11 is 12.8. The van der Waals surface area contributed by atoms with Gasteiger partial charge < -0.3 is 9.55 Å². The van der Waals surface area contributed by atoms with E-state index in [1.807, 2.05) is 23.6 Å². The highest BCUT2D eigenvalue weighted by atomic mass is 35.5. The molecule has 2 heterocycles. The maximum Gasteiger partial charge on any atom is 0.178 e. The molecular formula is C13H10ClFN2S2. The molecule has 1 N–H and O–H groups in total. The Labute approximate surface area is 123 Å². The summed E-state index contributed by atoms with van der Waals surface area (Å²) in [6, 6.07) is 8.46. The topological polar surface area (TPSA) is 20.7 Å². The van der Waals surface area contributed by atoms with E-state index in [9.17, 15) is 4.39 Å². The minimum absolute atomic E-state index is 0.0144. The normalized spacial score (nSPS) is 13.0. The molecule has 0 fully saturated rings. The van der Waals surface area contributed by atoms with Crippen molar-refractivity contribution in [1.29, 1.82) is 0 Å². The minimum Gasteiger partial charge on any atom is -0.331 e. The maximum atomic E-state index is 13.4. The first-order chi connectivity index (χ1) is 9.06. The number of hydrogen-bond donors (Lipinski definition) is 1. The molecule has 98 valence electrons. The van der Waals surface area contributed by atoms with Gasteiger partial charge in [-0.3, -0.25) is 0 Å². The van der Waals surface area contributed by atoms with Crippen LogP contribution in [0.25, 0.3) is 11.0 Å². The van der Waals surface area contributed by atoms with Crippen molar-refractivity contribution in [3.63, 3.8) is 0 Å². The highest BCUT2D eigenvalue weighted by molar-refractivity contribution is 7.71. The molecule has 3 rings (SSSR count). The smallest absolute Gasteiger partial charge is 0.178 e. The summed E-state index contributed by atoms with van der Waals surface area (Å²) in [5.74, 6) is -0.272. The lowest BCUT2D eigenvalue weighted by Gasteiger charge is -2.12. The average molecular weight is 313 g/mol. The molecule has 0 radical (unpaired) electrons. The summed E-state index contributed by atoms with van der Waals surface area (Å²) in [4.78, 5) is 4.18. The molecule has 19 heavy (non-hydrogen) atoms. The Bertz CT molecular complexity index is 802. The van der Waals surface area contributed by atoms with E-state index in [4.69, 9.17) is 23.8 Å². The van der Waals surface area contributed by atoms with Crippen LogP contribution in [0.1, 0.15) is 17.8 Å². The molecule has 1 aromatic carbocycles. The van der Waals surface area contributed by atoms with Crippen molar-refractivity contribution in [3.05, 3.63) is 50.1 Å². The summed E-state index contributed by atoms with van der Waals surface area (Å²) in [6.45, 7) is 2.02. The first kappa shape index (κ1) is 12.8. The van der Waals surface area contributed by atoms with Crippen LogP contribution < -0.4 is 0 Å². The molecule has 2 aromatic heterocycles. The van der Waals surface area contributed by atoms with E-state index < -0.39 is 0 Å². The zero-order valence-electron chi connectivity index (χ0n) is 9.98. The standard InChI is InChI=1S/C13H10ClFN2S2/c1-7(11-4-5-12(14)19-11)17-10-6-8(15)2-3-9(10)16-13(17)18/h2-7H,1H3,(H,16,18). The van der Waals surface area contributed by atoms with Crippen LogP contribution in [0, 0.1) is 10.6 Å². The number of imidazole rings is 1. The van der Waals surface area contributed by atoms with Crippen molar-refractivity contribution in [2.45, 2.75) is 13.0 Å². The Kier molecular flexibility index (Phi) is 3.20. The Morgan fingerprint density at radius 1 is 1.37 bits per heavy atom. The molecule has 0 saturated heterocycles. The number of halogens is 2. The molecule has 0 aliphatic carbocycles. The third kappa shape index (κ3) is 2.22. The predicted octanol–water partition coefficient (Wildman–Crippen LogP) is 5.16. The summed E-state index contributed by atoms with van der Waals surface area (Å²) < 4.78 is 16.6. The fourth-order valence-electron chi connectivity index (χ4n) is 2.16. The van der Waals surface area contributed by atoms with E-state index >= 15 is 0 Å². The molecule has 2 nitrogen and oxygen atoms in total. The highest BCUT2D eigenvalue weighted by Gasteiger charge is 2.15. The van der Waals surface area contributed by atoms with Crippen molar-refractivity contribution in [3.8, 4) is 0 Å². The summed E-state index contributed by atoms with van der Waals surface area (Å²) in [5, 5.41) is 0. The number of rotatable bonds is 2. The fourth-order valence-corrected chi connectivity index (χ4v) is 3.63. The summed E-state index contributed by atoms with van der Waals surface area (Å²) in [5.41, 5.74) is 1.60. The van der Waals surface area contributed by atoms with Crippen molar-refractivity contribution in [2.75, 3.05) is 0 Å². The van der Waals surface area contributed by atoms with Gasteiger partial charge in [-0.05, 0) is 49.5 Å². The van der Waals surface area contributed by atoms with Gasteiger partial charge in [0.2, 0.25) is 0 Å². The molecule has 0 spiro atoms. The third-order valence-electron chi connectivity index (χ3n) is 3.07. The largest absolute Gasteiger partial charge is 0.331 e. The van der Waals surface area contributed by atoms with Gasteiger partial charge in [-0.2, -0.15) is 0 Å². The molecule has 0 aliphatic heterocycles. The number of nitrogens with one attached hydrogen (secondary N) is 1. The van der Waals surface area contributed by atoms with E-state index in [0.717, 1.165) is 20.2 Å². The van der Waals surface area contributed by atoms with E-state index in [0.29, 0.717) is 4.77 Å². The predicted molar refractivity (Wildman–Crippen MR) is 80.2 cm³/mol. The molecule has 0 amide bonds. The zero-order chi connectivity index (χ0) is 13.6. The molecule has 0 bridgehead atoms. The lowest BCUT2D eigenvalue weighted by Crippen LogP contribution is -2.05. The summed E-state index contributed by atoms with van der Waals surface area (Å²) in [6.07, 6.45) is 0. The van der Waals surface area contributed by atoms with E-state index in [1.165, 1.54) is 23.5 Å². The second-order valence-corrected chi connectivity index (χ2v) is 6.41. The SMILES string of the molecule is CC(c1ccc(Cl)s1)n1c(=S)[nH]c2ccc(F)cc21. The number of benzene rings is 1.